The number of ether oxygens (including phenoxy) is 2. The third-order valence-electron chi connectivity index (χ3n) is 10.6. The largest absolute Gasteiger partial charge is 0.461 e. The number of alkyl halides is 3. The number of hydrogen-bond acceptors (Lipinski definition) is 9. The van der Waals surface area contributed by atoms with Crippen LogP contribution in [0, 0.1) is 29.5 Å². The minimum Gasteiger partial charge on any atom is -0.461 e. The maximum Gasteiger partial charge on any atom is 0.418 e. The van der Waals surface area contributed by atoms with Gasteiger partial charge in [0.15, 0.2) is 11.5 Å². The topological polar surface area (TPSA) is 115 Å². The van der Waals surface area contributed by atoms with Crippen LogP contribution in [-0.4, -0.2) is 81.3 Å². The fourth-order valence-corrected chi connectivity index (χ4v) is 8.24. The lowest BCUT2D eigenvalue weighted by atomic mass is 9.90. The summed E-state index contributed by atoms with van der Waals surface area (Å²) >= 11 is 0. The SMILES string of the molecule is C=C1CN2CCC[C@@]2(COc2nc3c(c(N4CCCn5nc(C(=O)N(C)C)c(C#CC)c5C4)n2)CO[C@@H](c2c(F)c(N)cc(C#CC)c2C(F)(F)F)C3)C1. The van der Waals surface area contributed by atoms with Crippen LogP contribution in [0.15, 0.2) is 18.2 Å². The number of nitrogens with zero attached hydrogens (tertiary/aromatic N) is 7. The number of nitrogens with two attached hydrogens (primary N) is 1. The van der Waals surface area contributed by atoms with Gasteiger partial charge in [-0.3, -0.25) is 14.4 Å². The van der Waals surface area contributed by atoms with Crippen molar-refractivity contribution in [3.8, 4) is 29.7 Å². The first-order chi connectivity index (χ1) is 25.7. The van der Waals surface area contributed by atoms with E-state index in [0.29, 0.717) is 48.8 Å². The van der Waals surface area contributed by atoms with Crippen LogP contribution in [0.1, 0.15) is 95.3 Å². The second-order valence-electron chi connectivity index (χ2n) is 14.5. The lowest BCUT2D eigenvalue weighted by Gasteiger charge is -2.33. The molecule has 0 bridgehead atoms. The normalized spacial score (nSPS) is 20.9. The molecule has 2 fully saturated rings. The third-order valence-corrected chi connectivity index (χ3v) is 10.6. The molecule has 0 saturated carbocycles. The summed E-state index contributed by atoms with van der Waals surface area (Å²) in [5.74, 6) is 9.90. The molecule has 2 aromatic heterocycles. The molecule has 2 atom stereocenters. The minimum atomic E-state index is -4.95. The number of fused-ring (bicyclic) bond motifs is 3. The van der Waals surface area contributed by atoms with E-state index < -0.39 is 40.5 Å². The molecule has 54 heavy (non-hydrogen) atoms. The van der Waals surface area contributed by atoms with Gasteiger partial charge in [-0.15, -0.1) is 11.8 Å². The zero-order chi connectivity index (χ0) is 38.5. The second-order valence-corrected chi connectivity index (χ2v) is 14.5. The number of benzene rings is 1. The molecule has 7 rings (SSSR count). The van der Waals surface area contributed by atoms with Crippen molar-refractivity contribution >= 4 is 17.4 Å². The molecule has 2 saturated heterocycles. The highest BCUT2D eigenvalue weighted by molar-refractivity contribution is 5.95. The van der Waals surface area contributed by atoms with Crippen LogP contribution < -0.4 is 15.4 Å². The summed E-state index contributed by atoms with van der Waals surface area (Å²) in [4.78, 5) is 28.7. The average Bonchev–Trinajstić information content (AvgIpc) is 3.70. The van der Waals surface area contributed by atoms with E-state index in [1.807, 2.05) is 4.90 Å². The summed E-state index contributed by atoms with van der Waals surface area (Å²) in [5.41, 5.74) is 6.37. The smallest absolute Gasteiger partial charge is 0.418 e. The van der Waals surface area contributed by atoms with E-state index >= 15 is 4.39 Å². The van der Waals surface area contributed by atoms with Crippen molar-refractivity contribution in [2.75, 3.05) is 51.0 Å². The first-order valence-electron chi connectivity index (χ1n) is 17.9. The Balaban J connectivity index is 1.32. The fourth-order valence-electron chi connectivity index (χ4n) is 8.24. The van der Waals surface area contributed by atoms with Gasteiger partial charge in [-0.05, 0) is 52.1 Å². The van der Waals surface area contributed by atoms with Crippen molar-refractivity contribution in [1.29, 1.82) is 0 Å². The number of nitrogen functional groups attached to an aromatic ring is 1. The van der Waals surface area contributed by atoms with E-state index in [0.717, 1.165) is 49.7 Å². The van der Waals surface area contributed by atoms with Gasteiger partial charge >= 0.3 is 12.2 Å². The fraction of sp³-hybridized carbons (Fsp3) is 0.487. The van der Waals surface area contributed by atoms with Gasteiger partial charge in [0, 0.05) is 56.8 Å². The van der Waals surface area contributed by atoms with E-state index in [1.54, 1.807) is 25.7 Å². The van der Waals surface area contributed by atoms with E-state index in [-0.39, 0.29) is 42.7 Å². The minimum absolute atomic E-state index is 0.0552. The highest BCUT2D eigenvalue weighted by atomic mass is 19.4. The Bertz CT molecular complexity index is 2160. The molecular formula is C39H42F4N8O3. The first kappa shape index (κ1) is 37.2. The molecule has 3 aromatic rings. The third kappa shape index (κ3) is 6.64. The first-order valence-corrected chi connectivity index (χ1v) is 17.9. The highest BCUT2D eigenvalue weighted by Gasteiger charge is 2.47. The number of aromatic nitrogens is 4. The van der Waals surface area contributed by atoms with Gasteiger partial charge in [0.25, 0.3) is 5.91 Å². The molecule has 11 nitrogen and oxygen atoms in total. The number of anilines is 2. The Labute approximate surface area is 311 Å². The summed E-state index contributed by atoms with van der Waals surface area (Å²) < 4.78 is 74.1. The van der Waals surface area contributed by atoms with Crippen molar-refractivity contribution in [2.24, 2.45) is 0 Å². The predicted octanol–water partition coefficient (Wildman–Crippen LogP) is 5.26. The molecule has 4 aliphatic heterocycles. The monoisotopic (exact) mass is 746 g/mol. The highest BCUT2D eigenvalue weighted by Crippen LogP contribution is 2.45. The van der Waals surface area contributed by atoms with E-state index in [9.17, 15) is 18.0 Å². The van der Waals surface area contributed by atoms with E-state index in [2.05, 4.69) is 40.3 Å². The van der Waals surface area contributed by atoms with Crippen LogP contribution in [0.25, 0.3) is 0 Å². The molecule has 0 unspecified atom stereocenters. The molecule has 284 valence electrons. The lowest BCUT2D eigenvalue weighted by Crippen LogP contribution is -2.43. The van der Waals surface area contributed by atoms with Crippen molar-refractivity contribution in [3.63, 3.8) is 0 Å². The zero-order valence-corrected chi connectivity index (χ0v) is 30.8. The van der Waals surface area contributed by atoms with Crippen LogP contribution in [0.4, 0.5) is 29.1 Å². The van der Waals surface area contributed by atoms with E-state index in [4.69, 9.17) is 25.2 Å². The van der Waals surface area contributed by atoms with E-state index in [1.165, 1.54) is 11.8 Å². The van der Waals surface area contributed by atoms with Crippen LogP contribution >= 0.6 is 0 Å². The number of carbonyl (C=O) groups excluding carboxylic acids is 1. The molecule has 0 radical (unpaired) electrons. The molecule has 1 aromatic carbocycles. The number of amides is 1. The zero-order valence-electron chi connectivity index (χ0n) is 30.8. The molecule has 4 aliphatic rings. The maximum atomic E-state index is 15.8. The van der Waals surface area contributed by atoms with Crippen LogP contribution in [0.3, 0.4) is 0 Å². The average molecular weight is 747 g/mol. The van der Waals surface area contributed by atoms with Crippen molar-refractivity contribution in [3.05, 3.63) is 68.9 Å². The molecule has 6 heterocycles. The molecular weight excluding hydrogens is 704 g/mol. The molecule has 0 aliphatic carbocycles. The van der Waals surface area contributed by atoms with Crippen molar-refractivity contribution < 1.29 is 31.8 Å². The van der Waals surface area contributed by atoms with Gasteiger partial charge in [-0.1, -0.05) is 24.0 Å². The summed E-state index contributed by atoms with van der Waals surface area (Å²) in [6.45, 7) is 10.4. The molecule has 15 heteroatoms. The number of carbonyl (C=O) groups is 1. The quantitative estimate of drug-likeness (QED) is 0.156. The standard InChI is InChI=1S/C39H42F4N8O3/c1-6-10-24-16-27(44)33(40)31(32(24)39(41,42)43)30-17-28-26(21-53-30)35(46-37(45-28)54-22-38-12-8-14-50(38)19-23(3)18-38)49-13-9-15-51-29(20-49)25(11-7-2)34(47-51)36(52)48(4)5/h16,30H,3,8-9,12-15,17-22,44H2,1-2,4-5H3/t30-,38+/m1/s1. The van der Waals surface area contributed by atoms with Gasteiger partial charge in [0.1, 0.15) is 12.4 Å². The number of hydrogen-bond donors (Lipinski definition) is 1. The van der Waals surface area contributed by atoms with Gasteiger partial charge < -0.3 is 25.0 Å². The summed E-state index contributed by atoms with van der Waals surface area (Å²) in [5, 5.41) is 4.66. The Kier molecular flexibility index (Phi) is 9.83. The lowest BCUT2D eigenvalue weighted by molar-refractivity contribution is -0.140. The molecule has 2 N–H and O–H groups in total. The summed E-state index contributed by atoms with van der Waals surface area (Å²) in [7, 11) is 3.31. The number of aryl methyl sites for hydroxylation is 1. The Morgan fingerprint density at radius 1 is 1.15 bits per heavy atom. The van der Waals surface area contributed by atoms with Crippen LogP contribution in [0.5, 0.6) is 6.01 Å². The van der Waals surface area contributed by atoms with Crippen LogP contribution in [0.2, 0.25) is 0 Å². The Morgan fingerprint density at radius 2 is 1.93 bits per heavy atom. The second kappa shape index (κ2) is 14.3. The maximum absolute atomic E-state index is 15.8. The van der Waals surface area contributed by atoms with Crippen LogP contribution in [-0.2, 0) is 37.0 Å². The number of rotatable bonds is 6. The van der Waals surface area contributed by atoms with Crippen molar-refractivity contribution in [2.45, 2.75) is 83.5 Å². The summed E-state index contributed by atoms with van der Waals surface area (Å²) in [6, 6.07) is 0.961. The van der Waals surface area contributed by atoms with Gasteiger partial charge in [-0.2, -0.15) is 28.2 Å². The predicted molar refractivity (Wildman–Crippen MR) is 193 cm³/mol. The summed E-state index contributed by atoms with van der Waals surface area (Å²) in [6.07, 6.45) is -3.19. The van der Waals surface area contributed by atoms with Gasteiger partial charge in [0.05, 0.1) is 53.0 Å². The molecule has 0 spiro atoms. The van der Waals surface area contributed by atoms with Gasteiger partial charge in [-0.25, -0.2) is 4.39 Å². The van der Waals surface area contributed by atoms with Gasteiger partial charge in [0.2, 0.25) is 0 Å². The Morgan fingerprint density at radius 3 is 2.65 bits per heavy atom. The number of halogens is 4. The van der Waals surface area contributed by atoms with Crippen molar-refractivity contribution in [1.82, 2.24) is 29.5 Å². The Hall–Kier alpha value is -5.12. The molecule has 1 amide bonds.